The molecular weight excluding hydrogens is 182 g/mol. The first-order valence-electron chi connectivity index (χ1n) is 4.08. The van der Waals surface area contributed by atoms with E-state index in [0.29, 0.717) is 18.6 Å². The van der Waals surface area contributed by atoms with Crippen LogP contribution in [0.2, 0.25) is 0 Å². The molecule has 2 aromatic heterocycles. The minimum atomic E-state index is 0.375. The highest BCUT2D eigenvalue weighted by Gasteiger charge is 1.85. The Bertz CT molecular complexity index is 337. The van der Waals surface area contributed by atoms with Gasteiger partial charge in [0, 0.05) is 0 Å². The Hall–Kier alpha value is -1.81. The molecule has 0 saturated heterocycles. The molecule has 0 aromatic carbocycles. The number of rotatable bonds is 2. The normalized spacial score (nSPS) is 8.93. The van der Waals surface area contributed by atoms with Crippen LogP contribution < -0.4 is 5.73 Å². The van der Waals surface area contributed by atoms with E-state index in [9.17, 15) is 4.79 Å². The van der Waals surface area contributed by atoms with Crippen LogP contribution in [-0.2, 0) is 6.54 Å². The SMILES string of the molecule is NCc1ccco1.O=Cc1ccco1. The van der Waals surface area contributed by atoms with Gasteiger partial charge in [0.25, 0.3) is 0 Å². The standard InChI is InChI=1S/C5H7NO.C5H4O2/c2*6-4-5-2-1-3-7-5/h1-3H,4,6H2;1-4H. The van der Waals surface area contributed by atoms with Crippen molar-refractivity contribution in [3.63, 3.8) is 0 Å². The van der Waals surface area contributed by atoms with Crippen molar-refractivity contribution in [2.45, 2.75) is 6.54 Å². The smallest absolute Gasteiger partial charge is 0.185 e. The van der Waals surface area contributed by atoms with Gasteiger partial charge >= 0.3 is 0 Å². The molecule has 0 spiro atoms. The molecule has 0 aliphatic rings. The summed E-state index contributed by atoms with van der Waals surface area (Å²) in [6, 6.07) is 6.94. The summed E-state index contributed by atoms with van der Waals surface area (Å²) < 4.78 is 9.47. The van der Waals surface area contributed by atoms with Crippen LogP contribution in [0.1, 0.15) is 16.3 Å². The molecule has 0 aliphatic carbocycles. The van der Waals surface area contributed by atoms with Crippen LogP contribution >= 0.6 is 0 Å². The molecule has 2 rings (SSSR count). The predicted octanol–water partition coefficient (Wildman–Crippen LogP) is 1.83. The second kappa shape index (κ2) is 5.77. The largest absolute Gasteiger partial charge is 0.468 e. The number of hydrogen-bond acceptors (Lipinski definition) is 4. The summed E-state index contributed by atoms with van der Waals surface area (Å²) in [5.74, 6) is 1.21. The average molecular weight is 193 g/mol. The highest BCUT2D eigenvalue weighted by atomic mass is 16.3. The van der Waals surface area contributed by atoms with E-state index in [1.54, 1.807) is 18.4 Å². The Morgan fingerprint density at radius 3 is 2.21 bits per heavy atom. The first kappa shape index (κ1) is 10.3. The molecule has 0 atom stereocenters. The molecule has 0 saturated carbocycles. The topological polar surface area (TPSA) is 69.4 Å². The van der Waals surface area contributed by atoms with Gasteiger partial charge in [0.1, 0.15) is 5.76 Å². The molecule has 2 N–H and O–H groups in total. The Morgan fingerprint density at radius 2 is 1.93 bits per heavy atom. The first-order chi connectivity index (χ1) is 6.86. The molecule has 2 heterocycles. The lowest BCUT2D eigenvalue weighted by Gasteiger charge is -1.80. The second-order valence-electron chi connectivity index (χ2n) is 2.42. The molecule has 0 aliphatic heterocycles. The number of aldehydes is 1. The van der Waals surface area contributed by atoms with Gasteiger partial charge in [0.15, 0.2) is 12.0 Å². The van der Waals surface area contributed by atoms with Crippen LogP contribution in [-0.4, -0.2) is 6.29 Å². The minimum Gasteiger partial charge on any atom is -0.468 e. The lowest BCUT2D eigenvalue weighted by Crippen LogP contribution is -1.92. The molecule has 4 heteroatoms. The molecule has 74 valence electrons. The van der Waals surface area contributed by atoms with Gasteiger partial charge in [0.05, 0.1) is 19.1 Å². The maximum atomic E-state index is 9.77. The molecule has 0 amide bonds. The van der Waals surface area contributed by atoms with Crippen LogP contribution in [0, 0.1) is 0 Å². The zero-order valence-corrected chi connectivity index (χ0v) is 7.55. The van der Waals surface area contributed by atoms with Crippen LogP contribution in [0.3, 0.4) is 0 Å². The highest BCUT2D eigenvalue weighted by Crippen LogP contribution is 1.95. The maximum absolute atomic E-state index is 9.77. The Labute approximate surface area is 81.3 Å². The summed E-state index contributed by atoms with van der Waals surface area (Å²) in [6.07, 6.45) is 3.74. The van der Waals surface area contributed by atoms with Gasteiger partial charge < -0.3 is 14.6 Å². The van der Waals surface area contributed by atoms with E-state index in [4.69, 9.17) is 10.2 Å². The number of nitrogens with two attached hydrogens (primary N) is 1. The van der Waals surface area contributed by atoms with E-state index in [1.165, 1.54) is 6.26 Å². The quantitative estimate of drug-likeness (QED) is 0.738. The van der Waals surface area contributed by atoms with E-state index in [-0.39, 0.29) is 0 Å². The molecule has 4 nitrogen and oxygen atoms in total. The molecular formula is C10H11NO3. The Morgan fingerprint density at radius 1 is 1.21 bits per heavy atom. The van der Waals surface area contributed by atoms with E-state index in [0.717, 1.165) is 5.76 Å². The van der Waals surface area contributed by atoms with Gasteiger partial charge in [-0.15, -0.1) is 0 Å². The molecule has 2 aromatic rings. The second-order valence-corrected chi connectivity index (χ2v) is 2.42. The van der Waals surface area contributed by atoms with Crippen LogP contribution in [0.25, 0.3) is 0 Å². The molecule has 0 radical (unpaired) electrons. The first-order valence-corrected chi connectivity index (χ1v) is 4.08. The number of furan rings is 2. The summed E-state index contributed by atoms with van der Waals surface area (Å²) in [5, 5.41) is 0. The lowest BCUT2D eigenvalue weighted by atomic mass is 10.5. The number of carbonyl (C=O) groups excluding carboxylic acids is 1. The monoisotopic (exact) mass is 193 g/mol. The molecule has 0 bridgehead atoms. The van der Waals surface area contributed by atoms with E-state index >= 15 is 0 Å². The molecule has 14 heavy (non-hydrogen) atoms. The van der Waals surface area contributed by atoms with Crippen molar-refractivity contribution < 1.29 is 13.6 Å². The lowest BCUT2D eigenvalue weighted by molar-refractivity contribution is 0.110. The summed E-state index contributed by atoms with van der Waals surface area (Å²) >= 11 is 0. The van der Waals surface area contributed by atoms with Gasteiger partial charge in [0.2, 0.25) is 0 Å². The fraction of sp³-hybridized carbons (Fsp3) is 0.100. The van der Waals surface area contributed by atoms with Crippen molar-refractivity contribution in [3.8, 4) is 0 Å². The highest BCUT2D eigenvalue weighted by molar-refractivity contribution is 5.69. The zero-order valence-electron chi connectivity index (χ0n) is 7.55. The Kier molecular flexibility index (Phi) is 4.23. The van der Waals surface area contributed by atoms with Gasteiger partial charge in [-0.25, -0.2) is 0 Å². The van der Waals surface area contributed by atoms with E-state index < -0.39 is 0 Å². The minimum absolute atomic E-state index is 0.375. The van der Waals surface area contributed by atoms with Gasteiger partial charge in [-0.1, -0.05) is 0 Å². The number of carbonyl (C=O) groups is 1. The molecule has 0 unspecified atom stereocenters. The van der Waals surface area contributed by atoms with Gasteiger partial charge in [-0.05, 0) is 24.3 Å². The predicted molar refractivity (Wildman–Crippen MR) is 50.7 cm³/mol. The summed E-state index contributed by atoms with van der Waals surface area (Å²) in [7, 11) is 0. The number of hydrogen-bond donors (Lipinski definition) is 1. The third kappa shape index (κ3) is 3.28. The summed E-state index contributed by atoms with van der Waals surface area (Å²) in [5.41, 5.74) is 5.20. The van der Waals surface area contributed by atoms with Crippen molar-refractivity contribution in [2.24, 2.45) is 5.73 Å². The fourth-order valence-corrected chi connectivity index (χ4v) is 0.787. The summed E-state index contributed by atoms with van der Waals surface area (Å²) in [4.78, 5) is 9.77. The van der Waals surface area contributed by atoms with Crippen LogP contribution in [0.15, 0.2) is 45.6 Å². The fourth-order valence-electron chi connectivity index (χ4n) is 0.787. The summed E-state index contributed by atoms with van der Waals surface area (Å²) in [6.45, 7) is 0.493. The average Bonchev–Trinajstić information content (AvgIpc) is 2.92. The van der Waals surface area contributed by atoms with Gasteiger partial charge in [-0.2, -0.15) is 0 Å². The van der Waals surface area contributed by atoms with E-state index in [1.807, 2.05) is 12.1 Å². The van der Waals surface area contributed by atoms with E-state index in [2.05, 4.69) is 4.42 Å². The van der Waals surface area contributed by atoms with Crippen molar-refractivity contribution in [1.82, 2.24) is 0 Å². The van der Waals surface area contributed by atoms with Crippen LogP contribution in [0.5, 0.6) is 0 Å². The zero-order chi connectivity index (χ0) is 10.2. The van der Waals surface area contributed by atoms with Crippen LogP contribution in [0.4, 0.5) is 0 Å². The molecule has 0 fully saturated rings. The van der Waals surface area contributed by atoms with Crippen molar-refractivity contribution in [3.05, 3.63) is 48.3 Å². The maximum Gasteiger partial charge on any atom is 0.185 e. The van der Waals surface area contributed by atoms with Gasteiger partial charge in [-0.3, -0.25) is 4.79 Å². The Balaban J connectivity index is 0.000000140. The van der Waals surface area contributed by atoms with Crippen molar-refractivity contribution in [1.29, 1.82) is 0 Å². The third-order valence-corrected chi connectivity index (χ3v) is 1.44. The third-order valence-electron chi connectivity index (χ3n) is 1.44. The van der Waals surface area contributed by atoms with Crippen molar-refractivity contribution >= 4 is 6.29 Å². The van der Waals surface area contributed by atoms with Crippen molar-refractivity contribution in [2.75, 3.05) is 0 Å².